The molecule has 2 rings (SSSR count). The lowest BCUT2D eigenvalue weighted by atomic mass is 9.69. The molecule has 0 amide bonds. The molecule has 0 bridgehead atoms. The van der Waals surface area contributed by atoms with Gasteiger partial charge in [0.15, 0.2) is 0 Å². The first kappa shape index (κ1) is 12.4. The Labute approximate surface area is 100 Å². The maximum absolute atomic E-state index is 10.8. The second-order valence-corrected chi connectivity index (χ2v) is 6.04. The Morgan fingerprint density at radius 1 is 1.25 bits per heavy atom. The number of hydrogen-bond donors (Lipinski definition) is 1. The fraction of sp³-hybridized carbons (Fsp3) is 1.00. The van der Waals surface area contributed by atoms with Crippen molar-refractivity contribution in [2.45, 2.75) is 57.5 Å². The molecule has 1 aliphatic carbocycles. The van der Waals surface area contributed by atoms with E-state index in [1.807, 2.05) is 0 Å². The van der Waals surface area contributed by atoms with Gasteiger partial charge < -0.3 is 10.0 Å². The highest BCUT2D eigenvalue weighted by Crippen LogP contribution is 2.41. The summed E-state index contributed by atoms with van der Waals surface area (Å²) >= 11 is 0. The van der Waals surface area contributed by atoms with Crippen LogP contribution in [0.5, 0.6) is 0 Å². The Kier molecular flexibility index (Phi) is 3.91. The third-order valence-electron chi connectivity index (χ3n) is 4.97. The molecular formula is C14H27NO. The molecule has 0 aromatic heterocycles. The van der Waals surface area contributed by atoms with Gasteiger partial charge >= 0.3 is 0 Å². The molecule has 0 radical (unpaired) electrons. The van der Waals surface area contributed by atoms with Crippen molar-refractivity contribution in [1.29, 1.82) is 0 Å². The monoisotopic (exact) mass is 225 g/mol. The van der Waals surface area contributed by atoms with E-state index in [4.69, 9.17) is 0 Å². The third-order valence-corrected chi connectivity index (χ3v) is 4.97. The van der Waals surface area contributed by atoms with Gasteiger partial charge in [-0.25, -0.2) is 0 Å². The van der Waals surface area contributed by atoms with Crippen molar-refractivity contribution in [3.63, 3.8) is 0 Å². The van der Waals surface area contributed by atoms with Crippen molar-refractivity contribution < 1.29 is 5.11 Å². The Bertz CT molecular complexity index is 221. The third kappa shape index (κ3) is 2.60. The Morgan fingerprint density at radius 3 is 2.56 bits per heavy atom. The second-order valence-electron chi connectivity index (χ2n) is 6.04. The fourth-order valence-electron chi connectivity index (χ4n) is 3.56. The van der Waals surface area contributed by atoms with Crippen molar-refractivity contribution in [2.24, 2.45) is 11.8 Å². The van der Waals surface area contributed by atoms with Gasteiger partial charge in [-0.15, -0.1) is 0 Å². The van der Waals surface area contributed by atoms with E-state index in [9.17, 15) is 5.11 Å². The smallest absolute Gasteiger partial charge is 0.0700 e. The van der Waals surface area contributed by atoms with E-state index in [1.165, 1.54) is 32.1 Å². The van der Waals surface area contributed by atoms with E-state index in [-0.39, 0.29) is 5.60 Å². The molecule has 2 heteroatoms. The van der Waals surface area contributed by atoms with E-state index < -0.39 is 0 Å². The van der Waals surface area contributed by atoms with Gasteiger partial charge in [-0.1, -0.05) is 26.2 Å². The number of nitrogens with zero attached hydrogens (tertiary/aromatic N) is 1. The van der Waals surface area contributed by atoms with E-state index in [0.717, 1.165) is 31.8 Å². The molecular weight excluding hydrogens is 198 g/mol. The Hall–Kier alpha value is -0.0800. The minimum Gasteiger partial charge on any atom is -0.390 e. The van der Waals surface area contributed by atoms with Crippen LogP contribution in [0.1, 0.15) is 51.9 Å². The highest BCUT2D eigenvalue weighted by molar-refractivity contribution is 4.93. The lowest BCUT2D eigenvalue weighted by molar-refractivity contribution is -0.0801. The number of likely N-dealkylation sites (tertiary alicyclic amines) is 1. The number of rotatable bonds is 2. The number of piperidine rings is 1. The van der Waals surface area contributed by atoms with Crippen molar-refractivity contribution in [3.05, 3.63) is 0 Å². The van der Waals surface area contributed by atoms with Crippen LogP contribution in [-0.2, 0) is 0 Å². The molecule has 1 aliphatic heterocycles. The van der Waals surface area contributed by atoms with E-state index in [1.54, 1.807) is 0 Å². The van der Waals surface area contributed by atoms with Crippen LogP contribution < -0.4 is 0 Å². The summed E-state index contributed by atoms with van der Waals surface area (Å²) < 4.78 is 0. The van der Waals surface area contributed by atoms with Crippen molar-refractivity contribution in [3.8, 4) is 0 Å². The summed E-state index contributed by atoms with van der Waals surface area (Å²) in [6.45, 7) is 4.44. The van der Waals surface area contributed by atoms with Gasteiger partial charge in [0.2, 0.25) is 0 Å². The molecule has 16 heavy (non-hydrogen) atoms. The summed E-state index contributed by atoms with van der Waals surface area (Å²) in [6, 6.07) is 0. The fourth-order valence-corrected chi connectivity index (χ4v) is 3.56. The molecule has 0 aromatic rings. The van der Waals surface area contributed by atoms with Gasteiger partial charge in [-0.2, -0.15) is 0 Å². The summed E-state index contributed by atoms with van der Waals surface area (Å²) in [4.78, 5) is 2.34. The predicted molar refractivity (Wildman–Crippen MR) is 67.4 cm³/mol. The summed E-state index contributed by atoms with van der Waals surface area (Å²) in [5.41, 5.74) is -0.333. The predicted octanol–water partition coefficient (Wildman–Crippen LogP) is 2.66. The molecule has 2 nitrogen and oxygen atoms in total. The maximum atomic E-state index is 10.8. The number of aliphatic hydroxyl groups is 1. The van der Waals surface area contributed by atoms with Gasteiger partial charge in [0, 0.05) is 13.1 Å². The second kappa shape index (κ2) is 5.05. The van der Waals surface area contributed by atoms with Crippen LogP contribution in [0.2, 0.25) is 0 Å². The van der Waals surface area contributed by atoms with E-state index >= 15 is 0 Å². The topological polar surface area (TPSA) is 23.5 Å². The standard InChI is InChI=1S/C14H27NO/c1-3-12-5-4-6-13(11-12)14(16)7-9-15(2)10-8-14/h12-13,16H,3-11H2,1-2H3. The SMILES string of the molecule is CCC1CCCC(C2(O)CCN(C)CC2)C1. The summed E-state index contributed by atoms with van der Waals surface area (Å²) in [5, 5.41) is 10.8. The van der Waals surface area contributed by atoms with E-state index in [0.29, 0.717) is 5.92 Å². The molecule has 94 valence electrons. The molecule has 2 aliphatic rings. The molecule has 2 fully saturated rings. The van der Waals surface area contributed by atoms with Crippen LogP contribution in [0, 0.1) is 11.8 Å². The molecule has 2 atom stereocenters. The average molecular weight is 225 g/mol. The lowest BCUT2D eigenvalue weighted by Crippen LogP contribution is -2.48. The van der Waals surface area contributed by atoms with Crippen LogP contribution in [0.4, 0.5) is 0 Å². The average Bonchev–Trinajstić information content (AvgIpc) is 2.33. The minimum absolute atomic E-state index is 0.333. The molecule has 2 unspecified atom stereocenters. The summed E-state index contributed by atoms with van der Waals surface area (Å²) in [7, 11) is 2.16. The zero-order chi connectivity index (χ0) is 11.6. The van der Waals surface area contributed by atoms with Crippen LogP contribution in [0.25, 0.3) is 0 Å². The quantitative estimate of drug-likeness (QED) is 0.781. The van der Waals surface area contributed by atoms with Crippen molar-refractivity contribution in [1.82, 2.24) is 4.90 Å². The zero-order valence-corrected chi connectivity index (χ0v) is 10.9. The van der Waals surface area contributed by atoms with Crippen molar-refractivity contribution in [2.75, 3.05) is 20.1 Å². The minimum atomic E-state index is -0.333. The first-order valence-electron chi connectivity index (χ1n) is 7.05. The van der Waals surface area contributed by atoms with Gasteiger partial charge in [-0.05, 0) is 44.6 Å². The summed E-state index contributed by atoms with van der Waals surface area (Å²) in [6.07, 6.45) is 8.54. The Morgan fingerprint density at radius 2 is 1.94 bits per heavy atom. The first-order valence-corrected chi connectivity index (χ1v) is 7.05. The molecule has 1 saturated heterocycles. The maximum Gasteiger partial charge on any atom is 0.0700 e. The normalized spacial score (nSPS) is 36.2. The van der Waals surface area contributed by atoms with Gasteiger partial charge in [0.25, 0.3) is 0 Å². The zero-order valence-electron chi connectivity index (χ0n) is 10.9. The lowest BCUT2D eigenvalue weighted by Gasteiger charge is -2.45. The van der Waals surface area contributed by atoms with Crippen molar-refractivity contribution >= 4 is 0 Å². The van der Waals surface area contributed by atoms with Gasteiger partial charge in [-0.3, -0.25) is 0 Å². The van der Waals surface area contributed by atoms with Crippen LogP contribution in [-0.4, -0.2) is 35.7 Å². The summed E-state index contributed by atoms with van der Waals surface area (Å²) in [5.74, 6) is 1.46. The van der Waals surface area contributed by atoms with Gasteiger partial charge in [0.05, 0.1) is 5.60 Å². The molecule has 0 aromatic carbocycles. The first-order chi connectivity index (χ1) is 7.64. The highest BCUT2D eigenvalue weighted by atomic mass is 16.3. The Balaban J connectivity index is 1.94. The molecule has 0 spiro atoms. The van der Waals surface area contributed by atoms with Crippen LogP contribution in [0.3, 0.4) is 0 Å². The molecule has 1 N–H and O–H groups in total. The number of hydrogen-bond acceptors (Lipinski definition) is 2. The van der Waals surface area contributed by atoms with Gasteiger partial charge in [0.1, 0.15) is 0 Å². The highest BCUT2D eigenvalue weighted by Gasteiger charge is 2.40. The molecule has 1 heterocycles. The van der Waals surface area contributed by atoms with Crippen LogP contribution >= 0.6 is 0 Å². The largest absolute Gasteiger partial charge is 0.390 e. The van der Waals surface area contributed by atoms with E-state index in [2.05, 4.69) is 18.9 Å². The van der Waals surface area contributed by atoms with Crippen LogP contribution in [0.15, 0.2) is 0 Å². The molecule has 1 saturated carbocycles.